The molecular weight excluding hydrogens is 243 g/mol. The molecule has 1 heterocycles. The van der Waals surface area contributed by atoms with E-state index in [2.05, 4.69) is 15.1 Å². The Morgan fingerprint density at radius 3 is 2.79 bits per heavy atom. The number of rotatable bonds is 5. The van der Waals surface area contributed by atoms with Gasteiger partial charge in [0.25, 0.3) is 0 Å². The van der Waals surface area contributed by atoms with Crippen LogP contribution in [0.3, 0.4) is 0 Å². The Hall–Kier alpha value is -1.88. The van der Waals surface area contributed by atoms with Crippen LogP contribution in [0.15, 0.2) is 24.3 Å². The lowest BCUT2D eigenvalue weighted by atomic mass is 10.1. The molecule has 102 valence electrons. The number of nitrogens with one attached hydrogen (secondary N) is 1. The van der Waals surface area contributed by atoms with Crippen molar-refractivity contribution in [3.8, 4) is 0 Å². The highest BCUT2D eigenvalue weighted by Crippen LogP contribution is 2.11. The number of aromatic amines is 1. The zero-order valence-electron chi connectivity index (χ0n) is 11.3. The number of aromatic nitrogens is 2. The molecule has 0 aliphatic carbocycles. The minimum atomic E-state index is -0.148. The number of nitrogens with two attached hydrogens (primary N) is 1. The van der Waals surface area contributed by atoms with Crippen molar-refractivity contribution in [2.45, 2.75) is 19.9 Å². The van der Waals surface area contributed by atoms with Crippen molar-refractivity contribution < 1.29 is 4.39 Å². The first-order valence-corrected chi connectivity index (χ1v) is 6.28. The molecule has 0 spiro atoms. The van der Waals surface area contributed by atoms with Gasteiger partial charge in [0.05, 0.1) is 5.69 Å². The van der Waals surface area contributed by atoms with Crippen LogP contribution in [0.25, 0.3) is 0 Å². The molecule has 0 saturated heterocycles. The summed E-state index contributed by atoms with van der Waals surface area (Å²) in [6.45, 7) is 3.45. The molecule has 19 heavy (non-hydrogen) atoms. The van der Waals surface area contributed by atoms with Crippen LogP contribution in [0.1, 0.15) is 16.8 Å². The van der Waals surface area contributed by atoms with Crippen LogP contribution in [0.4, 0.5) is 10.2 Å². The molecule has 0 saturated carbocycles. The molecule has 4 nitrogen and oxygen atoms in total. The topological polar surface area (TPSA) is 57.9 Å². The van der Waals surface area contributed by atoms with Gasteiger partial charge < -0.3 is 10.6 Å². The number of hydrogen-bond acceptors (Lipinski definition) is 3. The minimum Gasteiger partial charge on any atom is -0.382 e. The summed E-state index contributed by atoms with van der Waals surface area (Å²) < 4.78 is 13.2. The number of H-pyrrole nitrogens is 1. The van der Waals surface area contributed by atoms with Crippen molar-refractivity contribution in [2.24, 2.45) is 0 Å². The van der Waals surface area contributed by atoms with E-state index < -0.39 is 0 Å². The number of likely N-dealkylation sites (N-methyl/N-ethyl adjacent to an activating group) is 1. The van der Waals surface area contributed by atoms with Gasteiger partial charge >= 0.3 is 0 Å². The van der Waals surface area contributed by atoms with Crippen LogP contribution in [-0.4, -0.2) is 28.7 Å². The monoisotopic (exact) mass is 262 g/mol. The Morgan fingerprint density at radius 2 is 2.16 bits per heavy atom. The summed E-state index contributed by atoms with van der Waals surface area (Å²) in [5.41, 5.74) is 8.39. The fraction of sp³-hybridized carbons (Fsp3) is 0.357. The van der Waals surface area contributed by atoms with Gasteiger partial charge in [0, 0.05) is 19.2 Å². The lowest BCUT2D eigenvalue weighted by Gasteiger charge is -2.15. The third-order valence-electron chi connectivity index (χ3n) is 3.10. The number of hydrogen-bond donors (Lipinski definition) is 2. The van der Waals surface area contributed by atoms with Gasteiger partial charge in [-0.05, 0) is 37.6 Å². The van der Waals surface area contributed by atoms with E-state index in [9.17, 15) is 4.39 Å². The maximum absolute atomic E-state index is 13.2. The molecule has 0 atom stereocenters. The number of nitrogens with zero attached hydrogens (tertiary/aromatic N) is 2. The first kappa shape index (κ1) is 13.5. The largest absolute Gasteiger partial charge is 0.382 e. The number of aryl methyl sites for hydroxylation is 1. The Balaban J connectivity index is 1.86. The van der Waals surface area contributed by atoms with Gasteiger partial charge in [-0.15, -0.1) is 0 Å². The molecule has 0 bridgehead atoms. The molecule has 0 aliphatic rings. The molecule has 0 unspecified atom stereocenters. The summed E-state index contributed by atoms with van der Waals surface area (Å²) in [6.07, 6.45) is 0.890. The van der Waals surface area contributed by atoms with E-state index in [-0.39, 0.29) is 5.82 Å². The fourth-order valence-corrected chi connectivity index (χ4v) is 2.01. The summed E-state index contributed by atoms with van der Waals surface area (Å²) >= 11 is 0. The summed E-state index contributed by atoms with van der Waals surface area (Å²) in [7, 11) is 2.04. The Morgan fingerprint density at radius 1 is 1.37 bits per heavy atom. The minimum absolute atomic E-state index is 0.148. The van der Waals surface area contributed by atoms with Crippen molar-refractivity contribution >= 4 is 5.82 Å². The average Bonchev–Trinajstić information content (AvgIpc) is 2.76. The van der Waals surface area contributed by atoms with Crippen LogP contribution < -0.4 is 5.73 Å². The third kappa shape index (κ3) is 3.79. The van der Waals surface area contributed by atoms with Gasteiger partial charge in [-0.2, -0.15) is 5.10 Å². The number of anilines is 1. The highest BCUT2D eigenvalue weighted by Gasteiger charge is 2.04. The van der Waals surface area contributed by atoms with Gasteiger partial charge in [0.1, 0.15) is 11.6 Å². The van der Waals surface area contributed by atoms with Gasteiger partial charge in [-0.25, -0.2) is 4.39 Å². The lowest BCUT2D eigenvalue weighted by Crippen LogP contribution is -2.21. The molecule has 2 aromatic rings. The van der Waals surface area contributed by atoms with E-state index in [0.717, 1.165) is 30.8 Å². The van der Waals surface area contributed by atoms with E-state index in [1.54, 1.807) is 6.92 Å². The van der Waals surface area contributed by atoms with Crippen molar-refractivity contribution in [2.75, 3.05) is 19.3 Å². The molecule has 0 fully saturated rings. The standard InChI is InChI=1S/C14H19FN4/c1-10-7-11(3-4-13(10)15)5-6-19(2)9-12-8-14(16)18-17-12/h3-4,7-8H,5-6,9H2,1-2H3,(H3,16,17,18). The number of halogens is 1. The van der Waals surface area contributed by atoms with E-state index in [1.165, 1.54) is 6.07 Å². The Labute approximate surface area is 112 Å². The molecule has 0 aliphatic heterocycles. The third-order valence-corrected chi connectivity index (χ3v) is 3.10. The molecule has 0 radical (unpaired) electrons. The molecular formula is C14H19FN4. The van der Waals surface area contributed by atoms with E-state index in [4.69, 9.17) is 5.73 Å². The molecule has 0 amide bonds. The van der Waals surface area contributed by atoms with E-state index in [0.29, 0.717) is 11.4 Å². The Kier molecular flexibility index (Phi) is 4.16. The molecule has 1 aromatic carbocycles. The normalized spacial score (nSPS) is 11.2. The zero-order chi connectivity index (χ0) is 13.8. The van der Waals surface area contributed by atoms with Crippen LogP contribution in [0, 0.1) is 12.7 Å². The van der Waals surface area contributed by atoms with Crippen molar-refractivity contribution in [1.82, 2.24) is 15.1 Å². The van der Waals surface area contributed by atoms with Gasteiger partial charge in [0.15, 0.2) is 0 Å². The Bertz CT molecular complexity index is 550. The second kappa shape index (κ2) is 5.84. The highest BCUT2D eigenvalue weighted by molar-refractivity contribution is 5.28. The zero-order valence-corrected chi connectivity index (χ0v) is 11.3. The first-order valence-electron chi connectivity index (χ1n) is 6.28. The summed E-state index contributed by atoms with van der Waals surface area (Å²) in [5.74, 6) is 0.364. The van der Waals surface area contributed by atoms with Crippen molar-refractivity contribution in [3.05, 3.63) is 46.9 Å². The van der Waals surface area contributed by atoms with Gasteiger partial charge in [0.2, 0.25) is 0 Å². The van der Waals surface area contributed by atoms with E-state index >= 15 is 0 Å². The van der Waals surface area contributed by atoms with Crippen molar-refractivity contribution in [3.63, 3.8) is 0 Å². The van der Waals surface area contributed by atoms with Crippen LogP contribution >= 0.6 is 0 Å². The quantitative estimate of drug-likeness (QED) is 0.867. The molecule has 1 aromatic heterocycles. The van der Waals surface area contributed by atoms with Crippen LogP contribution in [-0.2, 0) is 13.0 Å². The van der Waals surface area contributed by atoms with Crippen molar-refractivity contribution in [1.29, 1.82) is 0 Å². The average molecular weight is 262 g/mol. The SMILES string of the molecule is Cc1cc(CCN(C)Cc2cc(N)n[nH]2)ccc1F. The molecule has 5 heteroatoms. The predicted octanol–water partition coefficient (Wildman–Crippen LogP) is 2.11. The second-order valence-electron chi connectivity index (χ2n) is 4.89. The fourth-order valence-electron chi connectivity index (χ4n) is 2.01. The number of nitrogen functional groups attached to an aromatic ring is 1. The van der Waals surface area contributed by atoms with Gasteiger partial charge in [-0.3, -0.25) is 5.10 Å². The van der Waals surface area contributed by atoms with Crippen LogP contribution in [0.5, 0.6) is 0 Å². The summed E-state index contributed by atoms with van der Waals surface area (Å²) in [6, 6.07) is 7.10. The lowest BCUT2D eigenvalue weighted by molar-refractivity contribution is 0.327. The van der Waals surface area contributed by atoms with E-state index in [1.807, 2.05) is 25.2 Å². The highest BCUT2D eigenvalue weighted by atomic mass is 19.1. The molecule has 3 N–H and O–H groups in total. The second-order valence-corrected chi connectivity index (χ2v) is 4.89. The summed E-state index contributed by atoms with van der Waals surface area (Å²) in [5, 5.41) is 6.78. The smallest absolute Gasteiger partial charge is 0.145 e. The number of benzene rings is 1. The van der Waals surface area contributed by atoms with Gasteiger partial charge in [-0.1, -0.05) is 12.1 Å². The first-order chi connectivity index (χ1) is 9.04. The predicted molar refractivity (Wildman–Crippen MR) is 74.2 cm³/mol. The van der Waals surface area contributed by atoms with Crippen LogP contribution in [0.2, 0.25) is 0 Å². The summed E-state index contributed by atoms with van der Waals surface area (Å²) in [4.78, 5) is 2.17. The molecule has 2 rings (SSSR count). The maximum Gasteiger partial charge on any atom is 0.145 e. The maximum atomic E-state index is 13.2.